The topological polar surface area (TPSA) is 74.1 Å². The fourth-order valence-electron chi connectivity index (χ4n) is 2.54. The molecule has 2 aromatic carbocycles. The lowest BCUT2D eigenvalue weighted by atomic mass is 10.1. The van der Waals surface area contributed by atoms with Gasteiger partial charge in [0.15, 0.2) is 5.58 Å². The van der Waals surface area contributed by atoms with Crippen LogP contribution in [0.3, 0.4) is 0 Å². The maximum absolute atomic E-state index is 13.2. The van der Waals surface area contributed by atoms with Gasteiger partial charge in [0.05, 0.1) is 11.9 Å². The van der Waals surface area contributed by atoms with Crippen LogP contribution in [0.5, 0.6) is 0 Å². The van der Waals surface area contributed by atoms with Gasteiger partial charge in [-0.1, -0.05) is 17.3 Å². The molecule has 0 atom stereocenters. The molecule has 2 heterocycles. The van der Waals surface area contributed by atoms with Crippen molar-refractivity contribution in [2.45, 2.75) is 6.42 Å². The minimum absolute atomic E-state index is 0.309. The van der Waals surface area contributed by atoms with E-state index in [4.69, 9.17) is 8.94 Å². The highest BCUT2D eigenvalue weighted by atomic mass is 19.1. The van der Waals surface area contributed by atoms with Crippen molar-refractivity contribution in [3.63, 3.8) is 0 Å². The van der Waals surface area contributed by atoms with Crippen molar-refractivity contribution < 1.29 is 13.3 Å². The van der Waals surface area contributed by atoms with Crippen molar-refractivity contribution in [2.24, 2.45) is 7.05 Å². The number of hydrogen-bond donors (Lipinski definition) is 0. The van der Waals surface area contributed by atoms with E-state index in [2.05, 4.69) is 10.1 Å². The van der Waals surface area contributed by atoms with Gasteiger partial charge in [-0.3, -0.25) is 4.57 Å². The zero-order valence-corrected chi connectivity index (χ0v) is 12.7. The summed E-state index contributed by atoms with van der Waals surface area (Å²) >= 11 is 0. The molecule has 0 saturated heterocycles. The van der Waals surface area contributed by atoms with Crippen molar-refractivity contribution in [1.29, 1.82) is 0 Å². The second-order valence-corrected chi connectivity index (χ2v) is 5.43. The predicted molar refractivity (Wildman–Crippen MR) is 84.0 cm³/mol. The fraction of sp³-hybridized carbons (Fsp3) is 0.118. The summed E-state index contributed by atoms with van der Waals surface area (Å²) in [6.07, 6.45) is 0.341. The monoisotopic (exact) mass is 325 g/mol. The second-order valence-electron chi connectivity index (χ2n) is 5.43. The van der Waals surface area contributed by atoms with E-state index in [0.29, 0.717) is 34.8 Å². The van der Waals surface area contributed by atoms with E-state index in [1.165, 1.54) is 16.7 Å². The van der Waals surface area contributed by atoms with Gasteiger partial charge in [0, 0.05) is 12.6 Å². The molecule has 0 aliphatic rings. The molecule has 0 aliphatic heterocycles. The summed E-state index contributed by atoms with van der Waals surface area (Å²) in [7, 11) is 1.64. The van der Waals surface area contributed by atoms with Gasteiger partial charge in [-0.25, -0.2) is 9.18 Å². The molecule has 0 amide bonds. The average molecular weight is 325 g/mol. The SMILES string of the molecule is Cn1c(=O)oc2cc(-c3noc(Cc4cccc(F)c4)n3)ccc21. The first-order valence-corrected chi connectivity index (χ1v) is 7.27. The highest BCUT2D eigenvalue weighted by Crippen LogP contribution is 2.22. The standard InChI is InChI=1S/C17H12FN3O3/c1-21-13-6-5-11(9-14(13)23-17(21)22)16-19-15(24-20-16)8-10-3-2-4-12(18)7-10/h2-7,9H,8H2,1H3. The Morgan fingerprint density at radius 3 is 2.92 bits per heavy atom. The zero-order valence-electron chi connectivity index (χ0n) is 12.7. The Labute approximate surface area is 135 Å². The number of rotatable bonds is 3. The number of oxazole rings is 1. The Morgan fingerprint density at radius 1 is 1.21 bits per heavy atom. The second kappa shape index (κ2) is 5.45. The van der Waals surface area contributed by atoms with Crippen LogP contribution in [-0.4, -0.2) is 14.7 Å². The van der Waals surface area contributed by atoms with Gasteiger partial charge in [-0.2, -0.15) is 4.98 Å². The molecule has 0 N–H and O–H groups in total. The Hall–Kier alpha value is -3.22. The molecule has 24 heavy (non-hydrogen) atoms. The molecule has 0 unspecified atom stereocenters. The first kappa shape index (κ1) is 14.4. The maximum Gasteiger partial charge on any atom is 0.419 e. The lowest BCUT2D eigenvalue weighted by Crippen LogP contribution is -2.08. The number of fused-ring (bicyclic) bond motifs is 1. The van der Waals surface area contributed by atoms with E-state index in [1.54, 1.807) is 37.4 Å². The number of halogens is 1. The Bertz CT molecular complexity index is 1090. The molecule has 0 aliphatic carbocycles. The van der Waals surface area contributed by atoms with Crippen LogP contribution in [0.15, 0.2) is 56.2 Å². The summed E-state index contributed by atoms with van der Waals surface area (Å²) in [5, 5.41) is 3.93. The van der Waals surface area contributed by atoms with Crippen LogP contribution < -0.4 is 5.76 Å². The molecule has 6 nitrogen and oxygen atoms in total. The first-order valence-electron chi connectivity index (χ1n) is 7.27. The quantitative estimate of drug-likeness (QED) is 0.579. The molecule has 0 bridgehead atoms. The summed E-state index contributed by atoms with van der Waals surface area (Å²) in [6, 6.07) is 11.5. The maximum atomic E-state index is 13.2. The summed E-state index contributed by atoms with van der Waals surface area (Å²) in [5.41, 5.74) is 2.56. The number of aromatic nitrogens is 3. The predicted octanol–water partition coefficient (Wildman–Crippen LogP) is 2.91. The van der Waals surface area contributed by atoms with Gasteiger partial charge in [-0.05, 0) is 35.9 Å². The third kappa shape index (κ3) is 2.50. The number of nitrogens with zero attached hydrogens (tertiary/aromatic N) is 3. The number of aryl methyl sites for hydroxylation is 1. The van der Waals surface area contributed by atoms with E-state index < -0.39 is 5.76 Å². The van der Waals surface area contributed by atoms with Crippen LogP contribution in [0.4, 0.5) is 4.39 Å². The summed E-state index contributed by atoms with van der Waals surface area (Å²) in [4.78, 5) is 15.9. The minimum atomic E-state index is -0.429. The van der Waals surface area contributed by atoms with Crippen LogP contribution >= 0.6 is 0 Å². The van der Waals surface area contributed by atoms with Crippen LogP contribution in [-0.2, 0) is 13.5 Å². The van der Waals surface area contributed by atoms with Crippen molar-refractivity contribution in [1.82, 2.24) is 14.7 Å². The normalized spacial score (nSPS) is 11.2. The number of benzene rings is 2. The first-order chi connectivity index (χ1) is 11.6. The highest BCUT2D eigenvalue weighted by molar-refractivity contribution is 5.78. The average Bonchev–Trinajstić information content (AvgIpc) is 3.13. The Kier molecular flexibility index (Phi) is 3.26. The molecule has 7 heteroatoms. The van der Waals surface area contributed by atoms with Gasteiger partial charge in [-0.15, -0.1) is 0 Å². The molecule has 4 rings (SSSR count). The van der Waals surface area contributed by atoms with E-state index in [1.807, 2.05) is 0 Å². The van der Waals surface area contributed by atoms with Gasteiger partial charge in [0.1, 0.15) is 5.82 Å². The molecule has 0 saturated carbocycles. The van der Waals surface area contributed by atoms with Gasteiger partial charge in [0.25, 0.3) is 0 Å². The molecule has 4 aromatic rings. The van der Waals surface area contributed by atoms with Crippen molar-refractivity contribution in [3.05, 3.63) is 70.3 Å². The molecule has 2 aromatic heterocycles. The van der Waals surface area contributed by atoms with E-state index in [0.717, 1.165) is 5.56 Å². The molecule has 120 valence electrons. The minimum Gasteiger partial charge on any atom is -0.408 e. The molecular formula is C17H12FN3O3. The lowest BCUT2D eigenvalue weighted by molar-refractivity contribution is 0.385. The van der Waals surface area contributed by atoms with Crippen molar-refractivity contribution in [3.8, 4) is 11.4 Å². The van der Waals surface area contributed by atoms with Crippen LogP contribution in [0.25, 0.3) is 22.5 Å². The van der Waals surface area contributed by atoms with E-state index in [9.17, 15) is 9.18 Å². The van der Waals surface area contributed by atoms with Crippen LogP contribution in [0, 0.1) is 5.82 Å². The van der Waals surface area contributed by atoms with Crippen molar-refractivity contribution in [2.75, 3.05) is 0 Å². The van der Waals surface area contributed by atoms with E-state index >= 15 is 0 Å². The largest absolute Gasteiger partial charge is 0.419 e. The third-order valence-corrected chi connectivity index (χ3v) is 3.76. The van der Waals surface area contributed by atoms with Crippen LogP contribution in [0.2, 0.25) is 0 Å². The number of hydrogen-bond acceptors (Lipinski definition) is 5. The van der Waals surface area contributed by atoms with Crippen LogP contribution in [0.1, 0.15) is 11.5 Å². The zero-order chi connectivity index (χ0) is 16.7. The third-order valence-electron chi connectivity index (χ3n) is 3.76. The van der Waals surface area contributed by atoms with Gasteiger partial charge < -0.3 is 8.94 Å². The van der Waals surface area contributed by atoms with Gasteiger partial charge in [0.2, 0.25) is 11.7 Å². The van der Waals surface area contributed by atoms with Gasteiger partial charge >= 0.3 is 5.76 Å². The summed E-state index contributed by atoms with van der Waals surface area (Å²) in [5.74, 6) is 0.0267. The molecule has 0 radical (unpaired) electrons. The molecular weight excluding hydrogens is 313 g/mol. The molecule has 0 spiro atoms. The summed E-state index contributed by atoms with van der Waals surface area (Å²) < 4.78 is 25.0. The molecule has 0 fully saturated rings. The van der Waals surface area contributed by atoms with E-state index in [-0.39, 0.29) is 5.82 Å². The smallest absolute Gasteiger partial charge is 0.408 e. The summed E-state index contributed by atoms with van der Waals surface area (Å²) in [6.45, 7) is 0. The van der Waals surface area contributed by atoms with Crippen molar-refractivity contribution >= 4 is 11.1 Å². The Balaban J connectivity index is 1.66. The Morgan fingerprint density at radius 2 is 2.08 bits per heavy atom. The highest BCUT2D eigenvalue weighted by Gasteiger charge is 2.13. The lowest BCUT2D eigenvalue weighted by Gasteiger charge is -1.96. The fourth-order valence-corrected chi connectivity index (χ4v) is 2.54.